The van der Waals surface area contributed by atoms with Gasteiger partial charge in [-0.2, -0.15) is 0 Å². The van der Waals surface area contributed by atoms with E-state index in [4.69, 9.17) is 15.2 Å². The predicted molar refractivity (Wildman–Crippen MR) is 101 cm³/mol. The van der Waals surface area contributed by atoms with E-state index in [1.807, 2.05) is 18.2 Å². The molecule has 4 heteroatoms. The summed E-state index contributed by atoms with van der Waals surface area (Å²) in [6, 6.07) is 14.8. The molecule has 0 aliphatic carbocycles. The minimum Gasteiger partial charge on any atom is -0.496 e. The largest absolute Gasteiger partial charge is 0.496 e. The van der Waals surface area contributed by atoms with Crippen LogP contribution in [-0.4, -0.2) is 24.2 Å². The molecule has 1 unspecified atom stereocenters. The molecule has 1 aliphatic rings. The fourth-order valence-corrected chi connectivity index (χ4v) is 3.50. The fraction of sp³-hybridized carbons (Fsp3) is 0.429. The van der Waals surface area contributed by atoms with Crippen LogP contribution in [0.3, 0.4) is 0 Å². The Morgan fingerprint density at radius 2 is 1.92 bits per heavy atom. The first-order valence-corrected chi connectivity index (χ1v) is 8.79. The standard InChI is InChI=1S/C21H28N2O2/c1-21(2,3)25-16-8-5-7-15(11-16)13-23-14-18-17(19(23)12-22)9-6-10-20(18)24-4/h5-11,19H,12-14,22H2,1-4H3. The SMILES string of the molecule is COc1cccc2c1CN(Cc1cccc(OC(C)(C)C)c1)C2CN. The Hall–Kier alpha value is -2.04. The molecule has 0 fully saturated rings. The van der Waals surface area contributed by atoms with Crippen molar-refractivity contribution < 1.29 is 9.47 Å². The maximum atomic E-state index is 6.09. The van der Waals surface area contributed by atoms with E-state index in [1.165, 1.54) is 16.7 Å². The molecule has 134 valence electrons. The highest BCUT2D eigenvalue weighted by atomic mass is 16.5. The lowest BCUT2D eigenvalue weighted by Gasteiger charge is -2.25. The number of benzene rings is 2. The van der Waals surface area contributed by atoms with Gasteiger partial charge < -0.3 is 15.2 Å². The third-order valence-electron chi connectivity index (χ3n) is 4.48. The molecule has 3 rings (SSSR count). The van der Waals surface area contributed by atoms with Crippen molar-refractivity contribution in [3.05, 3.63) is 59.2 Å². The zero-order valence-corrected chi connectivity index (χ0v) is 15.6. The molecule has 1 aliphatic heterocycles. The van der Waals surface area contributed by atoms with Crippen molar-refractivity contribution >= 4 is 0 Å². The van der Waals surface area contributed by atoms with E-state index in [0.29, 0.717) is 6.54 Å². The summed E-state index contributed by atoms with van der Waals surface area (Å²) in [6.07, 6.45) is 0. The van der Waals surface area contributed by atoms with E-state index in [9.17, 15) is 0 Å². The van der Waals surface area contributed by atoms with Crippen molar-refractivity contribution in [3.63, 3.8) is 0 Å². The van der Waals surface area contributed by atoms with E-state index < -0.39 is 0 Å². The maximum absolute atomic E-state index is 6.09. The molecule has 0 bridgehead atoms. The molecule has 0 saturated carbocycles. The lowest BCUT2D eigenvalue weighted by molar-refractivity contribution is 0.130. The van der Waals surface area contributed by atoms with Gasteiger partial charge in [0.2, 0.25) is 0 Å². The Morgan fingerprint density at radius 1 is 1.16 bits per heavy atom. The highest BCUT2D eigenvalue weighted by Gasteiger charge is 2.31. The summed E-state index contributed by atoms with van der Waals surface area (Å²) >= 11 is 0. The van der Waals surface area contributed by atoms with Gasteiger partial charge in [0.05, 0.1) is 7.11 Å². The molecule has 0 saturated heterocycles. The van der Waals surface area contributed by atoms with Gasteiger partial charge in [0, 0.05) is 31.2 Å². The van der Waals surface area contributed by atoms with Gasteiger partial charge in [-0.05, 0) is 50.1 Å². The number of ether oxygens (including phenoxy) is 2. The molecule has 2 aromatic rings. The third kappa shape index (κ3) is 3.97. The van der Waals surface area contributed by atoms with E-state index in [0.717, 1.165) is 24.6 Å². The first-order valence-electron chi connectivity index (χ1n) is 8.79. The van der Waals surface area contributed by atoms with Gasteiger partial charge in [0.1, 0.15) is 17.1 Å². The summed E-state index contributed by atoms with van der Waals surface area (Å²) in [4.78, 5) is 2.41. The van der Waals surface area contributed by atoms with Crippen molar-refractivity contribution in [1.29, 1.82) is 0 Å². The van der Waals surface area contributed by atoms with Crippen LogP contribution < -0.4 is 15.2 Å². The lowest BCUT2D eigenvalue weighted by atomic mass is 10.0. The van der Waals surface area contributed by atoms with Crippen molar-refractivity contribution in [2.75, 3.05) is 13.7 Å². The van der Waals surface area contributed by atoms with Gasteiger partial charge in [-0.3, -0.25) is 4.90 Å². The molecule has 1 atom stereocenters. The minimum absolute atomic E-state index is 0.199. The summed E-state index contributed by atoms with van der Waals surface area (Å²) in [7, 11) is 1.73. The molecular weight excluding hydrogens is 312 g/mol. The van der Waals surface area contributed by atoms with Crippen molar-refractivity contribution in [1.82, 2.24) is 4.90 Å². The van der Waals surface area contributed by atoms with E-state index in [2.05, 4.69) is 49.9 Å². The quantitative estimate of drug-likeness (QED) is 0.897. The molecule has 4 nitrogen and oxygen atoms in total. The lowest BCUT2D eigenvalue weighted by Crippen LogP contribution is -2.27. The van der Waals surface area contributed by atoms with Crippen molar-refractivity contribution in [3.8, 4) is 11.5 Å². The van der Waals surface area contributed by atoms with Gasteiger partial charge in [-0.25, -0.2) is 0 Å². The molecule has 2 N–H and O–H groups in total. The number of hydrogen-bond donors (Lipinski definition) is 1. The highest BCUT2D eigenvalue weighted by molar-refractivity contribution is 5.45. The molecule has 2 aromatic carbocycles. The van der Waals surface area contributed by atoms with E-state index >= 15 is 0 Å². The minimum atomic E-state index is -0.199. The zero-order chi connectivity index (χ0) is 18.0. The van der Waals surface area contributed by atoms with Gasteiger partial charge in [-0.1, -0.05) is 24.3 Å². The van der Waals surface area contributed by atoms with Gasteiger partial charge >= 0.3 is 0 Å². The van der Waals surface area contributed by atoms with E-state index in [1.54, 1.807) is 7.11 Å². The van der Waals surface area contributed by atoms with Crippen LogP contribution in [0.5, 0.6) is 11.5 Å². The maximum Gasteiger partial charge on any atom is 0.123 e. The second-order valence-corrected chi connectivity index (χ2v) is 7.55. The van der Waals surface area contributed by atoms with Crippen LogP contribution >= 0.6 is 0 Å². The van der Waals surface area contributed by atoms with Gasteiger partial charge in [-0.15, -0.1) is 0 Å². The first-order chi connectivity index (χ1) is 11.9. The summed E-state index contributed by atoms with van der Waals surface area (Å²) in [5.74, 6) is 1.85. The van der Waals surface area contributed by atoms with Crippen LogP contribution in [0.25, 0.3) is 0 Å². The monoisotopic (exact) mass is 340 g/mol. The Balaban J connectivity index is 1.81. The van der Waals surface area contributed by atoms with Crippen LogP contribution in [0, 0.1) is 0 Å². The van der Waals surface area contributed by atoms with Crippen LogP contribution in [-0.2, 0) is 13.1 Å². The Kier molecular flexibility index (Phi) is 5.02. The topological polar surface area (TPSA) is 47.7 Å². The summed E-state index contributed by atoms with van der Waals surface area (Å²) < 4.78 is 11.5. The Labute approximate surface area is 150 Å². The van der Waals surface area contributed by atoms with Gasteiger partial charge in [0.15, 0.2) is 0 Å². The Morgan fingerprint density at radius 3 is 2.60 bits per heavy atom. The molecule has 25 heavy (non-hydrogen) atoms. The number of nitrogens with two attached hydrogens (primary N) is 1. The number of rotatable bonds is 5. The number of fused-ring (bicyclic) bond motifs is 1. The highest BCUT2D eigenvalue weighted by Crippen LogP contribution is 2.39. The zero-order valence-electron chi connectivity index (χ0n) is 15.6. The molecular formula is C21H28N2O2. The first kappa shape index (κ1) is 17.8. The summed E-state index contributed by atoms with van der Waals surface area (Å²) in [5.41, 5.74) is 9.65. The van der Waals surface area contributed by atoms with Crippen LogP contribution in [0.2, 0.25) is 0 Å². The van der Waals surface area contributed by atoms with E-state index in [-0.39, 0.29) is 11.6 Å². The third-order valence-corrected chi connectivity index (χ3v) is 4.48. The van der Waals surface area contributed by atoms with Crippen molar-refractivity contribution in [2.24, 2.45) is 5.73 Å². The fourth-order valence-electron chi connectivity index (χ4n) is 3.50. The molecule has 0 aromatic heterocycles. The second kappa shape index (κ2) is 7.06. The number of hydrogen-bond acceptors (Lipinski definition) is 4. The van der Waals surface area contributed by atoms with Crippen LogP contribution in [0.4, 0.5) is 0 Å². The summed E-state index contributed by atoms with van der Waals surface area (Å²) in [6.45, 7) is 8.47. The number of methoxy groups -OCH3 is 1. The smallest absolute Gasteiger partial charge is 0.123 e. The molecule has 1 heterocycles. The van der Waals surface area contributed by atoms with Gasteiger partial charge in [0.25, 0.3) is 0 Å². The normalized spacial score (nSPS) is 17.4. The molecule has 0 radical (unpaired) electrons. The average Bonchev–Trinajstić information content (AvgIpc) is 2.90. The Bertz CT molecular complexity index is 737. The second-order valence-electron chi connectivity index (χ2n) is 7.55. The predicted octanol–water partition coefficient (Wildman–Crippen LogP) is 3.89. The van der Waals surface area contributed by atoms with Crippen LogP contribution in [0.1, 0.15) is 43.5 Å². The van der Waals surface area contributed by atoms with Crippen LogP contribution in [0.15, 0.2) is 42.5 Å². The molecule has 0 spiro atoms. The number of nitrogens with zero attached hydrogens (tertiary/aromatic N) is 1. The summed E-state index contributed by atoms with van der Waals surface area (Å²) in [5, 5.41) is 0. The van der Waals surface area contributed by atoms with Crippen molar-refractivity contribution in [2.45, 2.75) is 45.5 Å². The molecule has 0 amide bonds. The average molecular weight is 340 g/mol.